The van der Waals surface area contributed by atoms with Gasteiger partial charge in [0, 0.05) is 24.5 Å². The molecule has 6 unspecified atom stereocenters. The van der Waals surface area contributed by atoms with Gasteiger partial charge < -0.3 is 5.11 Å². The zero-order valence-electron chi connectivity index (χ0n) is 18.6. The topological polar surface area (TPSA) is 95.0 Å². The summed E-state index contributed by atoms with van der Waals surface area (Å²) in [6.45, 7) is 2.22. The summed E-state index contributed by atoms with van der Waals surface area (Å²) in [5, 5.41) is 10.1. The highest BCUT2D eigenvalue weighted by Gasteiger charge is 2.76. The second kappa shape index (κ2) is 7.70. The van der Waals surface area contributed by atoms with E-state index in [0.29, 0.717) is 30.5 Å². The Labute approximate surface area is 211 Å². The Kier molecular flexibility index (Phi) is 5.36. The fourth-order valence-corrected chi connectivity index (χ4v) is 7.64. The number of carbonyl (C=O) groups is 4. The van der Waals surface area contributed by atoms with E-state index in [4.69, 9.17) is 34.8 Å². The number of likely N-dealkylation sites (tertiary alicyclic amines) is 2. The Bertz CT molecular complexity index is 1190. The number of hydrogen-bond donors (Lipinski definition) is 1. The molecule has 0 aromatic heterocycles. The van der Waals surface area contributed by atoms with Gasteiger partial charge in [0.05, 0.1) is 11.8 Å². The van der Waals surface area contributed by atoms with Crippen molar-refractivity contribution in [3.05, 3.63) is 40.4 Å². The molecule has 0 spiro atoms. The zero-order valence-corrected chi connectivity index (χ0v) is 20.8. The lowest BCUT2D eigenvalue weighted by atomic mass is 9.56. The molecule has 7 nitrogen and oxygen atoms in total. The van der Waals surface area contributed by atoms with Gasteiger partial charge in [-0.15, -0.1) is 23.2 Å². The van der Waals surface area contributed by atoms with Gasteiger partial charge in [0.15, 0.2) is 9.75 Å². The minimum atomic E-state index is -1.88. The van der Waals surface area contributed by atoms with Crippen molar-refractivity contribution in [2.24, 2.45) is 17.8 Å². The van der Waals surface area contributed by atoms with E-state index >= 15 is 0 Å². The van der Waals surface area contributed by atoms with Crippen LogP contribution in [0, 0.1) is 17.8 Å². The SMILES string of the molecule is CCCN1C(=O)C2CC=C3C(CC4(Cl)C(=O)N(C)C(=O)C4(Cl)C3c3ccc(O)cc3Cl)C2C1=O. The van der Waals surface area contributed by atoms with Crippen LogP contribution in [-0.4, -0.2) is 61.9 Å². The van der Waals surface area contributed by atoms with Crippen LogP contribution in [0.1, 0.15) is 37.7 Å². The number of halogens is 3. The summed E-state index contributed by atoms with van der Waals surface area (Å²) in [4.78, 5) is 51.7. The molecule has 2 aliphatic heterocycles. The Morgan fingerprint density at radius 1 is 1.09 bits per heavy atom. The molecule has 6 atom stereocenters. The number of phenolic OH excluding ortho intramolecular Hbond substituents is 1. The van der Waals surface area contributed by atoms with Gasteiger partial charge >= 0.3 is 0 Å². The molecule has 5 rings (SSSR count). The molecule has 0 bridgehead atoms. The first-order chi connectivity index (χ1) is 16.0. The maximum atomic E-state index is 13.4. The number of alkyl halides is 2. The Hall–Kier alpha value is -2.09. The van der Waals surface area contributed by atoms with Crippen LogP contribution >= 0.6 is 34.8 Å². The molecule has 1 saturated carbocycles. The van der Waals surface area contributed by atoms with E-state index in [1.807, 2.05) is 13.0 Å². The molecule has 180 valence electrons. The monoisotopic (exact) mass is 524 g/mol. The summed E-state index contributed by atoms with van der Waals surface area (Å²) in [6.07, 6.45) is 2.76. The third kappa shape index (κ3) is 2.78. The maximum Gasteiger partial charge on any atom is 0.253 e. The van der Waals surface area contributed by atoms with Gasteiger partial charge in [-0.05, 0) is 42.9 Å². The number of aromatic hydroxyl groups is 1. The van der Waals surface area contributed by atoms with Crippen molar-refractivity contribution in [3.63, 3.8) is 0 Å². The highest BCUT2D eigenvalue weighted by atomic mass is 35.5. The molecule has 4 aliphatic rings. The van der Waals surface area contributed by atoms with Gasteiger partial charge in [-0.3, -0.25) is 29.0 Å². The summed E-state index contributed by atoms with van der Waals surface area (Å²) in [5.41, 5.74) is 1.10. The summed E-state index contributed by atoms with van der Waals surface area (Å²) in [6, 6.07) is 4.31. The Balaban J connectivity index is 1.73. The van der Waals surface area contributed by atoms with Crippen LogP contribution in [0.5, 0.6) is 5.75 Å². The van der Waals surface area contributed by atoms with Crippen LogP contribution in [0.4, 0.5) is 0 Å². The number of amides is 4. The number of fused-ring (bicyclic) bond motifs is 4. The third-order valence-corrected chi connectivity index (χ3v) is 9.59. The molecule has 4 amide bonds. The first-order valence-corrected chi connectivity index (χ1v) is 12.4. The molecule has 10 heteroatoms. The summed E-state index contributed by atoms with van der Waals surface area (Å²) >= 11 is 20.6. The summed E-state index contributed by atoms with van der Waals surface area (Å²) in [5.74, 6) is -4.59. The van der Waals surface area contributed by atoms with Crippen LogP contribution in [0.3, 0.4) is 0 Å². The van der Waals surface area contributed by atoms with Gasteiger partial charge in [-0.2, -0.15) is 0 Å². The molecular weight excluding hydrogens is 503 g/mol. The number of hydrogen-bond acceptors (Lipinski definition) is 5. The van der Waals surface area contributed by atoms with Crippen LogP contribution in [0.2, 0.25) is 5.02 Å². The fraction of sp³-hybridized carbons (Fsp3) is 0.500. The van der Waals surface area contributed by atoms with E-state index in [1.165, 1.54) is 24.1 Å². The first-order valence-electron chi connectivity index (χ1n) is 11.2. The molecule has 2 heterocycles. The number of phenols is 1. The summed E-state index contributed by atoms with van der Waals surface area (Å²) < 4.78 is 0. The van der Waals surface area contributed by atoms with Crippen LogP contribution in [-0.2, 0) is 19.2 Å². The lowest BCUT2D eigenvalue weighted by Crippen LogP contribution is -2.60. The number of nitrogens with zero attached hydrogens (tertiary/aromatic N) is 2. The predicted octanol–water partition coefficient (Wildman–Crippen LogP) is 3.44. The second-order valence-electron chi connectivity index (χ2n) is 9.53. The van der Waals surface area contributed by atoms with Gasteiger partial charge in [0.2, 0.25) is 11.8 Å². The number of allylic oxidation sites excluding steroid dienone is 2. The molecular formula is C24H23Cl3N2O5. The highest BCUT2D eigenvalue weighted by Crippen LogP contribution is 2.65. The molecule has 2 aliphatic carbocycles. The van der Waals surface area contributed by atoms with E-state index in [-0.39, 0.29) is 29.0 Å². The number of benzene rings is 1. The number of carbonyl (C=O) groups excluding carboxylic acids is 4. The van der Waals surface area contributed by atoms with Crippen molar-refractivity contribution < 1.29 is 24.3 Å². The van der Waals surface area contributed by atoms with E-state index in [9.17, 15) is 24.3 Å². The van der Waals surface area contributed by atoms with Crippen LogP contribution in [0.25, 0.3) is 0 Å². The maximum absolute atomic E-state index is 13.4. The molecule has 1 N–H and O–H groups in total. The zero-order chi connectivity index (χ0) is 24.7. The van der Waals surface area contributed by atoms with Crippen LogP contribution < -0.4 is 0 Å². The minimum Gasteiger partial charge on any atom is -0.508 e. The first kappa shape index (κ1) is 23.6. The van der Waals surface area contributed by atoms with E-state index in [0.717, 1.165) is 4.90 Å². The highest BCUT2D eigenvalue weighted by molar-refractivity contribution is 6.53. The minimum absolute atomic E-state index is 0.0504. The van der Waals surface area contributed by atoms with Gasteiger partial charge in [0.25, 0.3) is 11.8 Å². The smallest absolute Gasteiger partial charge is 0.253 e. The van der Waals surface area contributed by atoms with Crippen molar-refractivity contribution in [3.8, 4) is 5.75 Å². The fourth-order valence-electron chi connectivity index (χ4n) is 6.35. The van der Waals surface area contributed by atoms with E-state index < -0.39 is 45.2 Å². The van der Waals surface area contributed by atoms with Gasteiger partial charge in [-0.1, -0.05) is 36.2 Å². The van der Waals surface area contributed by atoms with Crippen molar-refractivity contribution in [2.75, 3.05) is 13.6 Å². The second-order valence-corrected chi connectivity index (χ2v) is 11.2. The lowest BCUT2D eigenvalue weighted by Gasteiger charge is -2.51. The van der Waals surface area contributed by atoms with Gasteiger partial charge in [-0.25, -0.2) is 0 Å². The third-order valence-electron chi connectivity index (χ3n) is 7.85. The Morgan fingerprint density at radius 2 is 1.79 bits per heavy atom. The van der Waals surface area contributed by atoms with Crippen molar-refractivity contribution in [1.29, 1.82) is 0 Å². The number of rotatable bonds is 3. The van der Waals surface area contributed by atoms with E-state index in [1.54, 1.807) is 6.07 Å². The summed E-state index contributed by atoms with van der Waals surface area (Å²) in [7, 11) is 1.33. The largest absolute Gasteiger partial charge is 0.508 e. The number of imide groups is 2. The van der Waals surface area contributed by atoms with E-state index in [2.05, 4.69) is 0 Å². The lowest BCUT2D eigenvalue weighted by molar-refractivity contribution is -0.141. The normalized spacial score (nSPS) is 37.0. The average molecular weight is 526 g/mol. The molecule has 3 fully saturated rings. The standard InChI is InChI=1S/C24H23Cl3N2O5/c1-3-8-29-19(31)14-7-6-12-15(17(14)20(29)32)10-23(26)21(33)28(2)22(34)24(23,27)18(12)13-5-4-11(30)9-16(13)25/h4-6,9,14-15,17-18,30H,3,7-8,10H2,1-2H3. The van der Waals surface area contributed by atoms with Crippen molar-refractivity contribution >= 4 is 58.4 Å². The van der Waals surface area contributed by atoms with Crippen LogP contribution in [0.15, 0.2) is 29.8 Å². The van der Waals surface area contributed by atoms with Crippen molar-refractivity contribution in [1.82, 2.24) is 9.80 Å². The van der Waals surface area contributed by atoms with Crippen molar-refractivity contribution in [2.45, 2.75) is 41.9 Å². The molecule has 1 aromatic carbocycles. The molecule has 34 heavy (non-hydrogen) atoms. The molecule has 1 aromatic rings. The molecule has 0 radical (unpaired) electrons. The predicted molar refractivity (Wildman–Crippen MR) is 126 cm³/mol. The average Bonchev–Trinajstić information content (AvgIpc) is 3.10. The van der Waals surface area contributed by atoms with Gasteiger partial charge in [0.1, 0.15) is 5.75 Å². The Morgan fingerprint density at radius 3 is 2.44 bits per heavy atom. The molecule has 2 saturated heterocycles. The quantitative estimate of drug-likeness (QED) is 0.371.